The molecule has 0 aliphatic rings. The lowest BCUT2D eigenvalue weighted by Gasteiger charge is -2.10. The molecule has 0 spiro atoms. The number of nitrogens with two attached hydrogens (primary N) is 1. The molecule has 0 aliphatic carbocycles. The molecule has 21 heavy (non-hydrogen) atoms. The molecular formula is C11H13F5N2O2S. The zero-order chi connectivity index (χ0) is 16.3. The second kappa shape index (κ2) is 6.67. The Labute approximate surface area is 118 Å². The Balaban J connectivity index is 2.86. The van der Waals surface area contributed by atoms with Crippen molar-refractivity contribution in [3.63, 3.8) is 0 Å². The van der Waals surface area contributed by atoms with Crippen molar-refractivity contribution in [3.8, 4) is 0 Å². The van der Waals surface area contributed by atoms with E-state index in [2.05, 4.69) is 0 Å². The van der Waals surface area contributed by atoms with Gasteiger partial charge < -0.3 is 5.73 Å². The van der Waals surface area contributed by atoms with E-state index in [1.165, 1.54) is 0 Å². The van der Waals surface area contributed by atoms with E-state index < -0.39 is 52.1 Å². The Morgan fingerprint density at radius 2 is 1.81 bits per heavy atom. The van der Waals surface area contributed by atoms with Crippen LogP contribution in [0, 0.1) is 11.6 Å². The second-order valence-electron chi connectivity index (χ2n) is 4.21. The number of nitrogens with one attached hydrogen (secondary N) is 1. The summed E-state index contributed by atoms with van der Waals surface area (Å²) in [6.45, 7) is -0.760. The van der Waals surface area contributed by atoms with Crippen molar-refractivity contribution in [2.24, 2.45) is 5.73 Å². The van der Waals surface area contributed by atoms with Crippen LogP contribution in [0.2, 0.25) is 0 Å². The van der Waals surface area contributed by atoms with Gasteiger partial charge in [0, 0.05) is 19.5 Å². The Hall–Kier alpha value is -1.26. The quantitative estimate of drug-likeness (QED) is 0.619. The third-order valence-corrected chi connectivity index (χ3v) is 3.97. The highest BCUT2D eigenvalue weighted by molar-refractivity contribution is 7.89. The van der Waals surface area contributed by atoms with Crippen molar-refractivity contribution in [1.29, 1.82) is 0 Å². The maximum atomic E-state index is 13.5. The van der Waals surface area contributed by atoms with Crippen molar-refractivity contribution in [1.82, 2.24) is 4.72 Å². The van der Waals surface area contributed by atoms with E-state index in [-0.39, 0.29) is 12.1 Å². The Kier molecular flexibility index (Phi) is 5.65. The highest BCUT2D eigenvalue weighted by atomic mass is 32.2. The minimum Gasteiger partial charge on any atom is -0.326 e. The summed E-state index contributed by atoms with van der Waals surface area (Å²) in [4.78, 5) is -0.977. The zero-order valence-corrected chi connectivity index (χ0v) is 11.5. The third-order valence-electron chi connectivity index (χ3n) is 2.51. The molecule has 1 aromatic carbocycles. The minimum absolute atomic E-state index is 0.0459. The van der Waals surface area contributed by atoms with Gasteiger partial charge in [-0.15, -0.1) is 0 Å². The molecular weight excluding hydrogens is 319 g/mol. The van der Waals surface area contributed by atoms with Crippen LogP contribution in [0.15, 0.2) is 17.0 Å². The third kappa shape index (κ3) is 5.21. The maximum absolute atomic E-state index is 13.5. The van der Waals surface area contributed by atoms with Crippen LogP contribution in [-0.4, -0.2) is 21.1 Å². The molecule has 0 saturated heterocycles. The van der Waals surface area contributed by atoms with Crippen LogP contribution < -0.4 is 10.5 Å². The average Bonchev–Trinajstić information content (AvgIpc) is 2.36. The van der Waals surface area contributed by atoms with Gasteiger partial charge in [-0.2, -0.15) is 13.2 Å². The molecule has 0 heterocycles. The van der Waals surface area contributed by atoms with Crippen LogP contribution in [0.25, 0.3) is 0 Å². The summed E-state index contributed by atoms with van der Waals surface area (Å²) in [5, 5.41) is 0. The molecule has 0 aromatic heterocycles. The first-order valence-corrected chi connectivity index (χ1v) is 7.29. The van der Waals surface area contributed by atoms with Crippen molar-refractivity contribution in [3.05, 3.63) is 29.3 Å². The Morgan fingerprint density at radius 1 is 1.19 bits per heavy atom. The summed E-state index contributed by atoms with van der Waals surface area (Å²) in [5.41, 5.74) is 5.27. The van der Waals surface area contributed by atoms with Gasteiger partial charge in [-0.25, -0.2) is 21.9 Å². The molecule has 0 unspecified atom stereocenters. The summed E-state index contributed by atoms with van der Waals surface area (Å²) in [5.74, 6) is -3.00. The van der Waals surface area contributed by atoms with Gasteiger partial charge in [0.25, 0.3) is 0 Å². The van der Waals surface area contributed by atoms with E-state index >= 15 is 0 Å². The molecule has 0 saturated carbocycles. The summed E-state index contributed by atoms with van der Waals surface area (Å²) >= 11 is 0. The van der Waals surface area contributed by atoms with Gasteiger partial charge in [0.2, 0.25) is 10.0 Å². The average molecular weight is 332 g/mol. The van der Waals surface area contributed by atoms with E-state index in [0.29, 0.717) is 0 Å². The monoisotopic (exact) mass is 332 g/mol. The molecule has 0 radical (unpaired) electrons. The Morgan fingerprint density at radius 3 is 2.33 bits per heavy atom. The molecule has 4 nitrogen and oxygen atoms in total. The fraction of sp³-hybridized carbons (Fsp3) is 0.455. The van der Waals surface area contributed by atoms with Crippen LogP contribution in [0.3, 0.4) is 0 Å². The number of benzene rings is 1. The maximum Gasteiger partial charge on any atom is 0.389 e. The van der Waals surface area contributed by atoms with Crippen LogP contribution in [0.5, 0.6) is 0 Å². The van der Waals surface area contributed by atoms with Crippen LogP contribution in [0.1, 0.15) is 18.4 Å². The molecule has 0 atom stereocenters. The SMILES string of the molecule is NCc1cc(F)c(F)c(S(=O)(=O)NCCCC(F)(F)F)c1. The first kappa shape index (κ1) is 17.8. The predicted molar refractivity (Wildman–Crippen MR) is 64.7 cm³/mol. The molecule has 0 bridgehead atoms. The first-order valence-electron chi connectivity index (χ1n) is 5.81. The number of sulfonamides is 1. The summed E-state index contributed by atoms with van der Waals surface area (Å²) in [6.07, 6.45) is -6.11. The number of halogens is 5. The van der Waals surface area contributed by atoms with Gasteiger partial charge in [0.05, 0.1) is 0 Å². The first-order chi connectivity index (χ1) is 9.57. The van der Waals surface area contributed by atoms with Gasteiger partial charge in [0.1, 0.15) is 4.90 Å². The number of rotatable bonds is 6. The molecule has 120 valence electrons. The van der Waals surface area contributed by atoms with Gasteiger partial charge in [-0.3, -0.25) is 0 Å². The van der Waals surface area contributed by atoms with E-state index in [9.17, 15) is 30.4 Å². The van der Waals surface area contributed by atoms with Gasteiger partial charge in [0.15, 0.2) is 11.6 Å². The molecule has 0 aliphatic heterocycles. The van der Waals surface area contributed by atoms with Gasteiger partial charge in [-0.05, 0) is 24.1 Å². The largest absolute Gasteiger partial charge is 0.389 e. The molecule has 0 amide bonds. The fourth-order valence-corrected chi connectivity index (χ4v) is 2.71. The highest BCUT2D eigenvalue weighted by Crippen LogP contribution is 2.22. The lowest BCUT2D eigenvalue weighted by atomic mass is 10.2. The van der Waals surface area contributed by atoms with Gasteiger partial charge in [-0.1, -0.05) is 0 Å². The lowest BCUT2D eigenvalue weighted by molar-refractivity contribution is -0.135. The summed E-state index contributed by atoms with van der Waals surface area (Å²) in [7, 11) is -4.45. The van der Waals surface area contributed by atoms with Crippen molar-refractivity contribution in [2.75, 3.05) is 6.54 Å². The molecule has 1 aromatic rings. The van der Waals surface area contributed by atoms with Crippen molar-refractivity contribution in [2.45, 2.75) is 30.5 Å². The number of hydrogen-bond acceptors (Lipinski definition) is 3. The standard InChI is InChI=1S/C11H13F5N2O2S/c12-8-4-7(6-17)5-9(10(8)13)21(19,20)18-3-1-2-11(14,15)16/h4-5,18H,1-3,6,17H2. The molecule has 0 fully saturated rings. The number of hydrogen-bond donors (Lipinski definition) is 2. The second-order valence-corrected chi connectivity index (χ2v) is 5.95. The summed E-state index contributed by atoms with van der Waals surface area (Å²) < 4.78 is 87.8. The van der Waals surface area contributed by atoms with Crippen molar-refractivity contribution < 1.29 is 30.4 Å². The fourth-order valence-electron chi connectivity index (χ4n) is 1.50. The van der Waals surface area contributed by atoms with Gasteiger partial charge >= 0.3 is 6.18 Å². The van der Waals surface area contributed by atoms with Crippen LogP contribution >= 0.6 is 0 Å². The van der Waals surface area contributed by atoms with Crippen LogP contribution in [-0.2, 0) is 16.6 Å². The van der Waals surface area contributed by atoms with Crippen LogP contribution in [0.4, 0.5) is 22.0 Å². The number of alkyl halides is 3. The van der Waals surface area contributed by atoms with E-state index in [1.54, 1.807) is 4.72 Å². The minimum atomic E-state index is -4.45. The molecule has 10 heteroatoms. The van der Waals surface area contributed by atoms with E-state index in [4.69, 9.17) is 5.73 Å². The zero-order valence-electron chi connectivity index (χ0n) is 10.7. The molecule has 1 rings (SSSR count). The lowest BCUT2D eigenvalue weighted by Crippen LogP contribution is -2.27. The van der Waals surface area contributed by atoms with E-state index in [0.717, 1.165) is 12.1 Å². The smallest absolute Gasteiger partial charge is 0.326 e. The summed E-state index contributed by atoms with van der Waals surface area (Å²) in [6, 6.07) is 1.59. The Bertz CT molecular complexity index is 601. The highest BCUT2D eigenvalue weighted by Gasteiger charge is 2.27. The molecule has 3 N–H and O–H groups in total. The normalized spacial score (nSPS) is 12.7. The van der Waals surface area contributed by atoms with Crippen molar-refractivity contribution >= 4 is 10.0 Å². The topological polar surface area (TPSA) is 72.2 Å². The predicted octanol–water partition coefficient (Wildman–Crippen LogP) is 2.04. The van der Waals surface area contributed by atoms with E-state index in [1.807, 2.05) is 0 Å².